The molecule has 3 fully saturated rings. The third-order valence-electron chi connectivity index (χ3n) is 6.09. The van der Waals surface area contributed by atoms with E-state index in [0.717, 1.165) is 25.7 Å². The number of amides is 2. The molecule has 0 aromatic rings. The van der Waals surface area contributed by atoms with Crippen LogP contribution in [0, 0.1) is 11.8 Å². The lowest BCUT2D eigenvalue weighted by atomic mass is 10.0. The zero-order valence-electron chi connectivity index (χ0n) is 15.6. The lowest BCUT2D eigenvalue weighted by Crippen LogP contribution is -2.44. The average molecular weight is 372 g/mol. The molecule has 25 heavy (non-hydrogen) atoms. The van der Waals surface area contributed by atoms with Gasteiger partial charge in [0.15, 0.2) is 0 Å². The molecule has 0 aromatic carbocycles. The Bertz CT molecular complexity index is 572. The van der Waals surface area contributed by atoms with Crippen LogP contribution < -0.4 is 5.32 Å². The highest BCUT2D eigenvalue weighted by atomic mass is 32.2. The Morgan fingerprint density at radius 1 is 1.12 bits per heavy atom. The first-order valence-electron chi connectivity index (χ1n) is 9.92. The quantitative estimate of drug-likeness (QED) is 0.825. The van der Waals surface area contributed by atoms with Crippen LogP contribution in [0.25, 0.3) is 0 Å². The second-order valence-electron chi connectivity index (χ2n) is 8.38. The van der Waals surface area contributed by atoms with Crippen molar-refractivity contribution in [3.8, 4) is 0 Å². The van der Waals surface area contributed by atoms with Crippen molar-refractivity contribution in [3.63, 3.8) is 0 Å². The van der Waals surface area contributed by atoms with E-state index in [4.69, 9.17) is 0 Å². The fourth-order valence-corrected chi connectivity index (χ4v) is 6.71. The highest BCUT2D eigenvalue weighted by Crippen LogP contribution is 2.34. The molecule has 2 heterocycles. The van der Waals surface area contributed by atoms with Gasteiger partial charge in [0.05, 0.1) is 5.25 Å². The number of hydrogen-bond acceptors (Lipinski definition) is 3. The monoisotopic (exact) mass is 371 g/mol. The first-order valence-corrected chi connectivity index (χ1v) is 11.4. The van der Waals surface area contributed by atoms with Gasteiger partial charge in [-0.2, -0.15) is 0 Å². The van der Waals surface area contributed by atoms with Crippen LogP contribution in [0.2, 0.25) is 0 Å². The number of nitrogens with zero attached hydrogens (tertiary/aromatic N) is 2. The number of rotatable bonds is 4. The Labute approximate surface area is 152 Å². The van der Waals surface area contributed by atoms with E-state index in [2.05, 4.69) is 19.2 Å². The Morgan fingerprint density at radius 2 is 1.80 bits per heavy atom. The van der Waals surface area contributed by atoms with Crippen LogP contribution >= 0.6 is 0 Å². The summed E-state index contributed by atoms with van der Waals surface area (Å²) in [5, 5.41) is 2.83. The largest absolute Gasteiger partial charge is 0.335 e. The van der Waals surface area contributed by atoms with Gasteiger partial charge in [-0.3, -0.25) is 0 Å². The topological polar surface area (TPSA) is 69.7 Å². The van der Waals surface area contributed by atoms with Crippen LogP contribution in [-0.4, -0.2) is 61.1 Å². The molecule has 7 heteroatoms. The van der Waals surface area contributed by atoms with Gasteiger partial charge in [0.2, 0.25) is 10.0 Å². The summed E-state index contributed by atoms with van der Waals surface area (Å²) in [7, 11) is -3.20. The Hall–Kier alpha value is -0.820. The standard InChI is InChI=1S/C18H33N3O3S/c1-14(2)7-12-21-13-15-8-10-20(11-9-17(15)25(21,23)24)18(22)19-16-5-3-4-6-16/h14-17H,3-13H2,1-2H3,(H,19,22)/t15-,17+/m0/s1. The lowest BCUT2D eigenvalue weighted by molar-refractivity contribution is 0.194. The molecule has 2 saturated heterocycles. The number of sulfonamides is 1. The molecule has 0 bridgehead atoms. The minimum atomic E-state index is -3.20. The van der Waals surface area contributed by atoms with E-state index < -0.39 is 10.0 Å². The molecule has 0 unspecified atom stereocenters. The number of hydrogen-bond donors (Lipinski definition) is 1. The van der Waals surface area contributed by atoms with E-state index in [9.17, 15) is 13.2 Å². The number of nitrogens with one attached hydrogen (secondary N) is 1. The summed E-state index contributed by atoms with van der Waals surface area (Å²) in [5.74, 6) is 0.678. The van der Waals surface area contributed by atoms with Gasteiger partial charge in [-0.25, -0.2) is 17.5 Å². The maximum atomic E-state index is 12.9. The number of carbonyl (C=O) groups excluding carboxylic acids is 1. The normalized spacial score (nSPS) is 30.4. The summed E-state index contributed by atoms with van der Waals surface area (Å²) >= 11 is 0. The number of carbonyl (C=O) groups is 1. The molecular weight excluding hydrogens is 338 g/mol. The van der Waals surface area contributed by atoms with E-state index in [1.165, 1.54) is 12.8 Å². The van der Waals surface area contributed by atoms with Crippen LogP contribution in [0.1, 0.15) is 58.8 Å². The smallest absolute Gasteiger partial charge is 0.317 e. The summed E-state index contributed by atoms with van der Waals surface area (Å²) < 4.78 is 27.4. The molecule has 1 aliphatic carbocycles. The van der Waals surface area contributed by atoms with Crippen LogP contribution in [0.15, 0.2) is 0 Å². The Balaban J connectivity index is 1.57. The van der Waals surface area contributed by atoms with Crippen molar-refractivity contribution in [1.29, 1.82) is 0 Å². The van der Waals surface area contributed by atoms with Gasteiger partial charge < -0.3 is 10.2 Å². The Morgan fingerprint density at radius 3 is 2.48 bits per heavy atom. The van der Waals surface area contributed by atoms with E-state index >= 15 is 0 Å². The fraction of sp³-hybridized carbons (Fsp3) is 0.944. The van der Waals surface area contributed by atoms with Crippen molar-refractivity contribution < 1.29 is 13.2 Å². The molecule has 3 rings (SSSR count). The second-order valence-corrected chi connectivity index (χ2v) is 10.5. The highest BCUT2D eigenvalue weighted by molar-refractivity contribution is 7.90. The second kappa shape index (κ2) is 7.82. The maximum Gasteiger partial charge on any atom is 0.317 e. The summed E-state index contributed by atoms with van der Waals surface area (Å²) in [5.41, 5.74) is 0. The van der Waals surface area contributed by atoms with Crippen molar-refractivity contribution >= 4 is 16.1 Å². The van der Waals surface area contributed by atoms with Gasteiger partial charge in [0, 0.05) is 32.2 Å². The number of urea groups is 1. The molecule has 2 atom stereocenters. The van der Waals surface area contributed by atoms with Crippen molar-refractivity contribution in [2.45, 2.75) is 70.1 Å². The lowest BCUT2D eigenvalue weighted by Gasteiger charge is -2.24. The zero-order chi connectivity index (χ0) is 18.0. The molecule has 144 valence electrons. The predicted octanol–water partition coefficient (Wildman–Crippen LogP) is 2.41. The number of likely N-dealkylation sites (tertiary alicyclic amines) is 1. The summed E-state index contributed by atoms with van der Waals surface area (Å²) in [4.78, 5) is 14.3. The van der Waals surface area contributed by atoms with Gasteiger partial charge in [0.1, 0.15) is 0 Å². The molecular formula is C18H33N3O3S. The minimum Gasteiger partial charge on any atom is -0.335 e. The molecule has 0 aromatic heterocycles. The predicted molar refractivity (Wildman–Crippen MR) is 98.8 cm³/mol. The average Bonchev–Trinajstić information content (AvgIpc) is 3.05. The minimum absolute atomic E-state index is 0.000866. The molecule has 2 amide bonds. The van der Waals surface area contributed by atoms with E-state index in [1.807, 2.05) is 4.90 Å². The molecule has 1 saturated carbocycles. The van der Waals surface area contributed by atoms with Crippen molar-refractivity contribution in [1.82, 2.24) is 14.5 Å². The van der Waals surface area contributed by atoms with Crippen molar-refractivity contribution in [3.05, 3.63) is 0 Å². The molecule has 0 spiro atoms. The van der Waals surface area contributed by atoms with Gasteiger partial charge >= 0.3 is 6.03 Å². The van der Waals surface area contributed by atoms with E-state index in [0.29, 0.717) is 44.6 Å². The van der Waals surface area contributed by atoms with Crippen molar-refractivity contribution in [2.75, 3.05) is 26.2 Å². The molecule has 6 nitrogen and oxygen atoms in total. The third kappa shape index (κ3) is 4.30. The summed E-state index contributed by atoms with van der Waals surface area (Å²) in [6.45, 7) is 6.75. The van der Waals surface area contributed by atoms with Gasteiger partial charge in [-0.05, 0) is 43.9 Å². The third-order valence-corrected chi connectivity index (χ3v) is 8.52. The van der Waals surface area contributed by atoms with Crippen LogP contribution in [0.4, 0.5) is 4.79 Å². The molecule has 1 N–H and O–H groups in total. The zero-order valence-corrected chi connectivity index (χ0v) is 16.4. The van der Waals surface area contributed by atoms with Crippen LogP contribution in [0.5, 0.6) is 0 Å². The summed E-state index contributed by atoms with van der Waals surface area (Å²) in [6.07, 6.45) is 6.81. The molecule has 3 aliphatic rings. The van der Waals surface area contributed by atoms with E-state index in [-0.39, 0.29) is 17.2 Å². The van der Waals surface area contributed by atoms with Gasteiger partial charge in [-0.1, -0.05) is 26.7 Å². The van der Waals surface area contributed by atoms with Crippen LogP contribution in [-0.2, 0) is 10.0 Å². The van der Waals surface area contributed by atoms with Crippen LogP contribution in [0.3, 0.4) is 0 Å². The first-order chi connectivity index (χ1) is 11.9. The molecule has 2 aliphatic heterocycles. The highest BCUT2D eigenvalue weighted by Gasteiger charge is 2.47. The van der Waals surface area contributed by atoms with E-state index in [1.54, 1.807) is 4.31 Å². The van der Waals surface area contributed by atoms with Gasteiger partial charge in [0.25, 0.3) is 0 Å². The fourth-order valence-electron chi connectivity index (χ4n) is 4.46. The molecule has 0 radical (unpaired) electrons. The SMILES string of the molecule is CC(C)CCN1C[C@@H]2CCN(C(=O)NC3CCCC3)CC[C@H]2S1(=O)=O. The maximum absolute atomic E-state index is 12.9. The summed E-state index contributed by atoms with van der Waals surface area (Å²) in [6, 6.07) is 0.312. The van der Waals surface area contributed by atoms with Gasteiger partial charge in [-0.15, -0.1) is 0 Å². The van der Waals surface area contributed by atoms with Crippen molar-refractivity contribution in [2.24, 2.45) is 11.8 Å². The Kier molecular flexibility index (Phi) is 5.93. The first kappa shape index (κ1) is 19.0. The number of fused-ring (bicyclic) bond motifs is 1.